The lowest BCUT2D eigenvalue weighted by Gasteiger charge is -2.21. The van der Waals surface area contributed by atoms with Crippen LogP contribution in [-0.2, 0) is 4.79 Å². The average Bonchev–Trinajstić information content (AvgIpc) is 2.36. The molecule has 19 heavy (non-hydrogen) atoms. The van der Waals surface area contributed by atoms with Crippen molar-refractivity contribution in [2.24, 2.45) is 0 Å². The fourth-order valence-electron chi connectivity index (χ4n) is 1.29. The van der Waals surface area contributed by atoms with Gasteiger partial charge < -0.3 is 15.3 Å². The van der Waals surface area contributed by atoms with Crippen LogP contribution < -0.4 is 5.32 Å². The molecule has 5 heteroatoms. The molecule has 0 aliphatic carbocycles. The molecule has 0 aliphatic heterocycles. The molecule has 1 aromatic rings. The fraction of sp³-hybridized carbons (Fsp3) is 0.286. The predicted octanol–water partition coefficient (Wildman–Crippen LogP) is 2.66. The van der Waals surface area contributed by atoms with Crippen molar-refractivity contribution < 1.29 is 14.7 Å². The first-order valence-corrected chi connectivity index (χ1v) is 5.95. The molecule has 0 radical (unpaired) electrons. The van der Waals surface area contributed by atoms with Crippen molar-refractivity contribution in [3.05, 3.63) is 35.9 Å². The minimum absolute atomic E-state index is 0.123. The van der Waals surface area contributed by atoms with Crippen molar-refractivity contribution in [1.82, 2.24) is 4.90 Å². The van der Waals surface area contributed by atoms with Crippen LogP contribution in [-0.4, -0.2) is 35.1 Å². The van der Waals surface area contributed by atoms with Gasteiger partial charge >= 0.3 is 12.0 Å². The monoisotopic (exact) mass is 262 g/mol. The molecule has 0 heterocycles. The van der Waals surface area contributed by atoms with Crippen molar-refractivity contribution in [2.75, 3.05) is 12.4 Å². The lowest BCUT2D eigenvalue weighted by molar-refractivity contribution is -0.131. The maximum atomic E-state index is 11.8. The summed E-state index contributed by atoms with van der Waals surface area (Å²) in [6.45, 7) is 3.86. The van der Waals surface area contributed by atoms with Crippen molar-refractivity contribution in [3.8, 4) is 0 Å². The molecule has 102 valence electrons. The van der Waals surface area contributed by atoms with E-state index in [-0.39, 0.29) is 12.1 Å². The van der Waals surface area contributed by atoms with E-state index in [0.29, 0.717) is 5.69 Å². The normalized spacial score (nSPS) is 10.7. The molecule has 0 saturated carbocycles. The number of aliphatic carboxylic acids is 1. The number of benzene rings is 1. The van der Waals surface area contributed by atoms with Crippen molar-refractivity contribution >= 4 is 23.8 Å². The van der Waals surface area contributed by atoms with Crippen LogP contribution in [0.3, 0.4) is 0 Å². The molecule has 5 nitrogen and oxygen atoms in total. The summed E-state index contributed by atoms with van der Waals surface area (Å²) in [6, 6.07) is 6.89. The quantitative estimate of drug-likeness (QED) is 0.819. The summed E-state index contributed by atoms with van der Waals surface area (Å²) >= 11 is 0. The minimum Gasteiger partial charge on any atom is -0.478 e. The van der Waals surface area contributed by atoms with E-state index >= 15 is 0 Å². The zero-order valence-corrected chi connectivity index (χ0v) is 11.3. The van der Waals surface area contributed by atoms with Crippen LogP contribution in [0, 0.1) is 0 Å². The minimum atomic E-state index is -0.990. The van der Waals surface area contributed by atoms with Gasteiger partial charge in [-0.1, -0.05) is 12.1 Å². The number of rotatable bonds is 4. The average molecular weight is 262 g/mol. The van der Waals surface area contributed by atoms with Crippen LogP contribution in [0.2, 0.25) is 0 Å². The third-order valence-corrected chi connectivity index (χ3v) is 2.68. The summed E-state index contributed by atoms with van der Waals surface area (Å²) in [4.78, 5) is 23.7. The number of amides is 2. The lowest BCUT2D eigenvalue weighted by atomic mass is 10.2. The molecular weight excluding hydrogens is 244 g/mol. The first kappa shape index (κ1) is 14.8. The number of carbonyl (C=O) groups is 2. The smallest absolute Gasteiger partial charge is 0.328 e. The van der Waals surface area contributed by atoms with Crippen molar-refractivity contribution in [2.45, 2.75) is 19.9 Å². The summed E-state index contributed by atoms with van der Waals surface area (Å²) < 4.78 is 0. The SMILES string of the molecule is CC(C)N(C)C(=O)Nc1ccc(C=CC(=O)O)cc1. The van der Waals surface area contributed by atoms with Gasteiger partial charge in [-0.15, -0.1) is 0 Å². The van der Waals surface area contributed by atoms with E-state index in [1.807, 2.05) is 13.8 Å². The molecule has 0 atom stereocenters. The lowest BCUT2D eigenvalue weighted by Crippen LogP contribution is -2.36. The van der Waals surface area contributed by atoms with E-state index in [4.69, 9.17) is 5.11 Å². The van der Waals surface area contributed by atoms with E-state index in [2.05, 4.69) is 5.32 Å². The molecule has 0 aromatic heterocycles. The third kappa shape index (κ3) is 4.83. The number of nitrogens with zero attached hydrogens (tertiary/aromatic N) is 1. The number of anilines is 1. The number of carboxylic acids is 1. The van der Waals surface area contributed by atoms with Gasteiger partial charge in [-0.3, -0.25) is 0 Å². The van der Waals surface area contributed by atoms with Gasteiger partial charge in [0.1, 0.15) is 0 Å². The number of carbonyl (C=O) groups excluding carboxylic acids is 1. The largest absolute Gasteiger partial charge is 0.478 e. The maximum Gasteiger partial charge on any atom is 0.328 e. The topological polar surface area (TPSA) is 69.6 Å². The van der Waals surface area contributed by atoms with E-state index in [0.717, 1.165) is 11.6 Å². The molecule has 0 bridgehead atoms. The Kier molecular flexibility index (Phi) is 5.11. The van der Waals surface area contributed by atoms with Gasteiger partial charge in [0, 0.05) is 24.9 Å². The Morgan fingerprint density at radius 1 is 1.26 bits per heavy atom. The van der Waals surface area contributed by atoms with E-state index in [1.54, 1.807) is 36.2 Å². The Morgan fingerprint density at radius 3 is 2.32 bits per heavy atom. The van der Waals surface area contributed by atoms with Gasteiger partial charge in [0.05, 0.1) is 0 Å². The van der Waals surface area contributed by atoms with E-state index < -0.39 is 5.97 Å². The van der Waals surface area contributed by atoms with Crippen LogP contribution >= 0.6 is 0 Å². The highest BCUT2D eigenvalue weighted by atomic mass is 16.4. The van der Waals surface area contributed by atoms with Crippen molar-refractivity contribution in [3.63, 3.8) is 0 Å². The number of hydrogen-bond donors (Lipinski definition) is 2. The molecule has 1 rings (SSSR count). The molecular formula is C14H18N2O3. The molecule has 1 aromatic carbocycles. The fourth-order valence-corrected chi connectivity index (χ4v) is 1.29. The Morgan fingerprint density at radius 2 is 1.84 bits per heavy atom. The molecule has 0 unspecified atom stereocenters. The Balaban J connectivity index is 2.67. The zero-order chi connectivity index (χ0) is 14.4. The summed E-state index contributed by atoms with van der Waals surface area (Å²) in [5.41, 5.74) is 1.43. The highest BCUT2D eigenvalue weighted by Crippen LogP contribution is 2.11. The summed E-state index contributed by atoms with van der Waals surface area (Å²) in [7, 11) is 1.73. The van der Waals surface area contributed by atoms with Crippen LogP contribution in [0.25, 0.3) is 6.08 Å². The van der Waals surface area contributed by atoms with Gasteiger partial charge in [0.2, 0.25) is 0 Å². The molecule has 0 aliphatic rings. The molecule has 0 spiro atoms. The number of carboxylic acid groups (broad SMARTS) is 1. The van der Waals surface area contributed by atoms with Crippen LogP contribution in [0.4, 0.5) is 10.5 Å². The second-order valence-electron chi connectivity index (χ2n) is 4.43. The maximum absolute atomic E-state index is 11.8. The molecule has 0 saturated heterocycles. The highest BCUT2D eigenvalue weighted by molar-refractivity contribution is 5.89. The predicted molar refractivity (Wildman–Crippen MR) is 75.0 cm³/mol. The summed E-state index contributed by atoms with van der Waals surface area (Å²) in [6.07, 6.45) is 2.56. The van der Waals surface area contributed by atoms with Gasteiger partial charge in [-0.2, -0.15) is 0 Å². The van der Waals surface area contributed by atoms with E-state index in [1.165, 1.54) is 6.08 Å². The first-order chi connectivity index (χ1) is 8.90. The van der Waals surface area contributed by atoms with Gasteiger partial charge in [-0.25, -0.2) is 9.59 Å². The van der Waals surface area contributed by atoms with Crippen LogP contribution in [0.5, 0.6) is 0 Å². The van der Waals surface area contributed by atoms with Gasteiger partial charge in [0.15, 0.2) is 0 Å². The Bertz CT molecular complexity index is 478. The van der Waals surface area contributed by atoms with Gasteiger partial charge in [0.25, 0.3) is 0 Å². The molecule has 0 fully saturated rings. The standard InChI is InChI=1S/C14H18N2O3/c1-10(2)16(3)14(19)15-12-7-4-11(5-8-12)6-9-13(17)18/h4-10H,1-3H3,(H,15,19)(H,17,18). The molecule has 2 amide bonds. The Hall–Kier alpha value is -2.30. The Labute approximate surface area is 112 Å². The molecule has 2 N–H and O–H groups in total. The summed E-state index contributed by atoms with van der Waals surface area (Å²) in [5.74, 6) is -0.990. The van der Waals surface area contributed by atoms with Crippen molar-refractivity contribution in [1.29, 1.82) is 0 Å². The second-order valence-corrected chi connectivity index (χ2v) is 4.43. The number of urea groups is 1. The van der Waals surface area contributed by atoms with Crippen LogP contribution in [0.15, 0.2) is 30.3 Å². The zero-order valence-electron chi connectivity index (χ0n) is 11.3. The highest BCUT2D eigenvalue weighted by Gasteiger charge is 2.11. The summed E-state index contributed by atoms with van der Waals surface area (Å²) in [5, 5.41) is 11.3. The first-order valence-electron chi connectivity index (χ1n) is 5.95. The number of nitrogens with one attached hydrogen (secondary N) is 1. The van der Waals surface area contributed by atoms with E-state index in [9.17, 15) is 9.59 Å². The third-order valence-electron chi connectivity index (χ3n) is 2.68. The number of hydrogen-bond acceptors (Lipinski definition) is 2. The second kappa shape index (κ2) is 6.58. The van der Waals surface area contributed by atoms with Gasteiger partial charge in [-0.05, 0) is 37.6 Å². The van der Waals surface area contributed by atoms with Crippen LogP contribution in [0.1, 0.15) is 19.4 Å².